The molecule has 1 heterocycles. The number of ether oxygens (including phenoxy) is 1. The highest BCUT2D eigenvalue weighted by Crippen LogP contribution is 2.26. The molecule has 1 atom stereocenters. The van der Waals surface area contributed by atoms with Gasteiger partial charge < -0.3 is 10.1 Å². The average Bonchev–Trinajstić information content (AvgIpc) is 2.65. The lowest BCUT2D eigenvalue weighted by Crippen LogP contribution is -2.35. The summed E-state index contributed by atoms with van der Waals surface area (Å²) in [5.74, 6) is 0.661. The zero-order valence-electron chi connectivity index (χ0n) is 13.9. The summed E-state index contributed by atoms with van der Waals surface area (Å²) in [4.78, 5) is 12.2. The molecule has 0 saturated heterocycles. The SMILES string of the molecule is O=C(CCS(=O)(=O)c1ccccc1)NC[C@@H]1COc2ccccc2C1. The van der Waals surface area contributed by atoms with Crippen molar-refractivity contribution in [2.75, 3.05) is 18.9 Å². The predicted molar refractivity (Wildman–Crippen MR) is 95.3 cm³/mol. The van der Waals surface area contributed by atoms with Gasteiger partial charge >= 0.3 is 0 Å². The number of hydrogen-bond donors (Lipinski definition) is 1. The van der Waals surface area contributed by atoms with Crippen molar-refractivity contribution in [3.63, 3.8) is 0 Å². The highest BCUT2D eigenvalue weighted by molar-refractivity contribution is 7.91. The molecule has 0 aromatic heterocycles. The third-order valence-corrected chi connectivity index (χ3v) is 5.98. The average molecular weight is 359 g/mol. The molecule has 5 nitrogen and oxygen atoms in total. The van der Waals surface area contributed by atoms with E-state index < -0.39 is 9.84 Å². The van der Waals surface area contributed by atoms with E-state index in [1.54, 1.807) is 30.3 Å². The maximum Gasteiger partial charge on any atom is 0.221 e. The van der Waals surface area contributed by atoms with Gasteiger partial charge in [0, 0.05) is 18.9 Å². The van der Waals surface area contributed by atoms with Gasteiger partial charge in [-0.3, -0.25) is 4.79 Å². The van der Waals surface area contributed by atoms with Crippen molar-refractivity contribution < 1.29 is 17.9 Å². The predicted octanol–water partition coefficient (Wildman–Crippen LogP) is 2.22. The quantitative estimate of drug-likeness (QED) is 0.858. The van der Waals surface area contributed by atoms with Crippen LogP contribution in [-0.2, 0) is 21.1 Å². The van der Waals surface area contributed by atoms with Crippen LogP contribution in [0, 0.1) is 5.92 Å². The van der Waals surface area contributed by atoms with Gasteiger partial charge in [0.05, 0.1) is 17.3 Å². The van der Waals surface area contributed by atoms with Gasteiger partial charge in [0.2, 0.25) is 5.91 Å². The van der Waals surface area contributed by atoms with Crippen LogP contribution in [0.4, 0.5) is 0 Å². The maximum atomic E-state index is 12.2. The number of rotatable bonds is 6. The number of nitrogens with one attached hydrogen (secondary N) is 1. The Balaban J connectivity index is 1.46. The maximum absolute atomic E-state index is 12.2. The summed E-state index contributed by atoms with van der Waals surface area (Å²) in [5, 5.41) is 2.82. The molecule has 0 fully saturated rings. The molecule has 0 unspecified atom stereocenters. The van der Waals surface area contributed by atoms with Gasteiger partial charge in [0.25, 0.3) is 0 Å². The fourth-order valence-electron chi connectivity index (χ4n) is 2.84. The monoisotopic (exact) mass is 359 g/mol. The summed E-state index contributed by atoms with van der Waals surface area (Å²) in [6.07, 6.45) is 0.806. The number of amides is 1. The van der Waals surface area contributed by atoms with Crippen LogP contribution in [0.5, 0.6) is 5.75 Å². The van der Waals surface area contributed by atoms with Crippen molar-refractivity contribution in [3.05, 3.63) is 60.2 Å². The van der Waals surface area contributed by atoms with E-state index in [1.807, 2.05) is 24.3 Å². The van der Waals surface area contributed by atoms with E-state index in [2.05, 4.69) is 5.32 Å². The summed E-state index contributed by atoms with van der Waals surface area (Å²) < 4.78 is 30.1. The molecule has 25 heavy (non-hydrogen) atoms. The van der Waals surface area contributed by atoms with Crippen LogP contribution in [-0.4, -0.2) is 33.2 Å². The normalized spacial score (nSPS) is 16.6. The molecule has 0 aliphatic carbocycles. The summed E-state index contributed by atoms with van der Waals surface area (Å²) in [6, 6.07) is 16.1. The van der Waals surface area contributed by atoms with Crippen LogP contribution in [0.25, 0.3) is 0 Å². The van der Waals surface area contributed by atoms with Gasteiger partial charge in [-0.1, -0.05) is 36.4 Å². The van der Waals surface area contributed by atoms with Crippen molar-refractivity contribution in [2.24, 2.45) is 5.92 Å². The number of benzene rings is 2. The highest BCUT2D eigenvalue weighted by atomic mass is 32.2. The molecule has 1 aliphatic heterocycles. The van der Waals surface area contributed by atoms with E-state index in [-0.39, 0.29) is 28.9 Å². The van der Waals surface area contributed by atoms with Crippen molar-refractivity contribution in [1.29, 1.82) is 0 Å². The number of sulfone groups is 1. The minimum atomic E-state index is -3.42. The Morgan fingerprint density at radius 1 is 1.08 bits per heavy atom. The molecule has 1 aliphatic rings. The number of fused-ring (bicyclic) bond motifs is 1. The Bertz CT molecular complexity index is 834. The molecule has 1 N–H and O–H groups in total. The lowest BCUT2D eigenvalue weighted by atomic mass is 9.97. The Morgan fingerprint density at radius 2 is 1.80 bits per heavy atom. The van der Waals surface area contributed by atoms with Gasteiger partial charge in [-0.15, -0.1) is 0 Å². The fourth-order valence-corrected chi connectivity index (χ4v) is 4.10. The largest absolute Gasteiger partial charge is 0.493 e. The second kappa shape index (κ2) is 7.70. The van der Waals surface area contributed by atoms with E-state index in [0.717, 1.165) is 17.7 Å². The fraction of sp³-hybridized carbons (Fsp3) is 0.316. The van der Waals surface area contributed by atoms with Gasteiger partial charge in [0.15, 0.2) is 9.84 Å². The van der Waals surface area contributed by atoms with Crippen LogP contribution >= 0.6 is 0 Å². The van der Waals surface area contributed by atoms with Crippen molar-refractivity contribution in [3.8, 4) is 5.75 Å². The summed E-state index contributed by atoms with van der Waals surface area (Å²) >= 11 is 0. The van der Waals surface area contributed by atoms with Crippen molar-refractivity contribution in [1.82, 2.24) is 5.32 Å². The smallest absolute Gasteiger partial charge is 0.221 e. The first-order chi connectivity index (χ1) is 12.0. The Morgan fingerprint density at radius 3 is 2.60 bits per heavy atom. The van der Waals surface area contributed by atoms with E-state index in [4.69, 9.17) is 4.74 Å². The molecule has 0 spiro atoms. The lowest BCUT2D eigenvalue weighted by Gasteiger charge is -2.25. The second-order valence-corrected chi connectivity index (χ2v) is 8.28. The molecule has 0 radical (unpaired) electrons. The van der Waals surface area contributed by atoms with Gasteiger partial charge in [-0.2, -0.15) is 0 Å². The van der Waals surface area contributed by atoms with Gasteiger partial charge in [0.1, 0.15) is 5.75 Å². The van der Waals surface area contributed by atoms with E-state index >= 15 is 0 Å². The molecule has 1 amide bonds. The first-order valence-corrected chi connectivity index (χ1v) is 9.95. The van der Waals surface area contributed by atoms with Gasteiger partial charge in [-0.25, -0.2) is 8.42 Å². The van der Waals surface area contributed by atoms with Gasteiger partial charge in [-0.05, 0) is 30.2 Å². The minimum Gasteiger partial charge on any atom is -0.493 e. The first kappa shape index (κ1) is 17.5. The molecule has 0 bridgehead atoms. The molecule has 0 saturated carbocycles. The molecule has 3 rings (SSSR count). The van der Waals surface area contributed by atoms with Crippen LogP contribution in [0.15, 0.2) is 59.5 Å². The van der Waals surface area contributed by atoms with E-state index in [0.29, 0.717) is 13.2 Å². The number of carbonyl (C=O) groups excluding carboxylic acids is 1. The zero-order chi connectivity index (χ0) is 17.7. The summed E-state index contributed by atoms with van der Waals surface area (Å²) in [7, 11) is -3.42. The molecular weight excluding hydrogens is 338 g/mol. The third-order valence-electron chi connectivity index (χ3n) is 4.24. The van der Waals surface area contributed by atoms with Crippen LogP contribution in [0.3, 0.4) is 0 Å². The topological polar surface area (TPSA) is 72.5 Å². The van der Waals surface area contributed by atoms with E-state index in [1.165, 1.54) is 0 Å². The number of hydrogen-bond acceptors (Lipinski definition) is 4. The first-order valence-electron chi connectivity index (χ1n) is 8.30. The minimum absolute atomic E-state index is 0.0403. The molecular formula is C19H21NO4S. The Hall–Kier alpha value is -2.34. The second-order valence-electron chi connectivity index (χ2n) is 6.17. The molecule has 132 valence electrons. The molecule has 6 heteroatoms. The number of carbonyl (C=O) groups is 1. The summed E-state index contributed by atoms with van der Waals surface area (Å²) in [6.45, 7) is 1.04. The summed E-state index contributed by atoms with van der Waals surface area (Å²) in [5.41, 5.74) is 1.14. The van der Waals surface area contributed by atoms with Crippen molar-refractivity contribution in [2.45, 2.75) is 17.7 Å². The Labute approximate surface area is 147 Å². The van der Waals surface area contributed by atoms with Crippen LogP contribution in [0.1, 0.15) is 12.0 Å². The van der Waals surface area contributed by atoms with Crippen LogP contribution < -0.4 is 10.1 Å². The van der Waals surface area contributed by atoms with Crippen molar-refractivity contribution >= 4 is 15.7 Å². The molecule has 2 aromatic rings. The molecule has 2 aromatic carbocycles. The Kier molecular flexibility index (Phi) is 5.38. The highest BCUT2D eigenvalue weighted by Gasteiger charge is 2.21. The third kappa shape index (κ3) is 4.60. The number of para-hydroxylation sites is 1. The standard InChI is InChI=1S/C19H21NO4S/c21-19(10-11-25(22,23)17-7-2-1-3-8-17)20-13-15-12-16-6-4-5-9-18(16)24-14-15/h1-9,15H,10-14H2,(H,20,21)/t15-/m1/s1. The zero-order valence-corrected chi connectivity index (χ0v) is 14.7. The van der Waals surface area contributed by atoms with E-state index in [9.17, 15) is 13.2 Å². The lowest BCUT2D eigenvalue weighted by molar-refractivity contribution is -0.120. The van der Waals surface area contributed by atoms with Crippen LogP contribution in [0.2, 0.25) is 0 Å².